The van der Waals surface area contributed by atoms with Crippen LogP contribution < -0.4 is 0 Å². The van der Waals surface area contributed by atoms with Gasteiger partial charge < -0.3 is 4.57 Å². The average molecular weight is 124 g/mol. The van der Waals surface area contributed by atoms with Gasteiger partial charge in [0.15, 0.2) is 0 Å². The maximum absolute atomic E-state index is 4.03. The van der Waals surface area contributed by atoms with Crippen LogP contribution in [0.5, 0.6) is 0 Å². The minimum absolute atomic E-state index is 1.03. The van der Waals surface area contributed by atoms with Crippen LogP contribution in [0.1, 0.15) is 19.5 Å². The Morgan fingerprint density at radius 3 is 2.78 bits per heavy atom. The van der Waals surface area contributed by atoms with Crippen molar-refractivity contribution >= 4 is 0 Å². The lowest BCUT2D eigenvalue weighted by Gasteiger charge is -1.99. The highest BCUT2D eigenvalue weighted by atomic mass is 15.0. The normalized spacial score (nSPS) is 10.0. The van der Waals surface area contributed by atoms with Crippen LogP contribution in [0.4, 0.5) is 0 Å². The van der Waals surface area contributed by atoms with Gasteiger partial charge in [-0.25, -0.2) is 4.98 Å². The van der Waals surface area contributed by atoms with Gasteiger partial charge in [-0.05, 0) is 13.3 Å². The Morgan fingerprint density at radius 1 is 1.56 bits per heavy atom. The summed E-state index contributed by atoms with van der Waals surface area (Å²) in [5.74, 6) is 0. The van der Waals surface area contributed by atoms with Crippen molar-refractivity contribution in [3.05, 3.63) is 18.2 Å². The van der Waals surface area contributed by atoms with Crippen molar-refractivity contribution in [2.24, 2.45) is 0 Å². The zero-order valence-electron chi connectivity index (χ0n) is 5.96. The van der Waals surface area contributed by atoms with E-state index in [1.54, 1.807) is 0 Å². The number of rotatable bonds is 2. The minimum Gasteiger partial charge on any atom is -0.335 e. The van der Waals surface area contributed by atoms with Crippen molar-refractivity contribution in [2.75, 3.05) is 0 Å². The van der Waals surface area contributed by atoms with E-state index in [0.29, 0.717) is 0 Å². The quantitative estimate of drug-likeness (QED) is 0.583. The first-order valence-corrected chi connectivity index (χ1v) is 3.37. The van der Waals surface area contributed by atoms with Crippen LogP contribution in [-0.4, -0.2) is 9.55 Å². The fourth-order valence-corrected chi connectivity index (χ4v) is 0.927. The largest absolute Gasteiger partial charge is 0.335 e. The highest BCUT2D eigenvalue weighted by Crippen LogP contribution is 1.98. The van der Waals surface area contributed by atoms with Crippen molar-refractivity contribution in [3.63, 3.8) is 0 Å². The standard InChI is InChI=1S/C7H12N2/c1-3-7-5-8-6-9(7)4-2/h5-6H,3-4H2,1-2H3. The van der Waals surface area contributed by atoms with Crippen LogP contribution in [0, 0.1) is 0 Å². The van der Waals surface area contributed by atoms with E-state index >= 15 is 0 Å². The molecule has 0 aliphatic rings. The second-order valence-electron chi connectivity index (χ2n) is 2.02. The summed E-state index contributed by atoms with van der Waals surface area (Å²) in [6.07, 6.45) is 4.87. The Hall–Kier alpha value is -0.790. The SMILES string of the molecule is CCc1cncn1CC. The fraction of sp³-hybridized carbons (Fsp3) is 0.571. The molecule has 0 fully saturated rings. The zero-order chi connectivity index (χ0) is 6.69. The fourth-order valence-electron chi connectivity index (χ4n) is 0.927. The van der Waals surface area contributed by atoms with Gasteiger partial charge in [0.05, 0.1) is 6.33 Å². The molecular weight excluding hydrogens is 112 g/mol. The number of nitrogens with zero attached hydrogens (tertiary/aromatic N) is 2. The van der Waals surface area contributed by atoms with Gasteiger partial charge in [0.2, 0.25) is 0 Å². The number of aromatic nitrogens is 2. The van der Waals surface area contributed by atoms with Crippen LogP contribution in [-0.2, 0) is 13.0 Å². The van der Waals surface area contributed by atoms with Crippen LogP contribution in [0.2, 0.25) is 0 Å². The molecular formula is C7H12N2. The molecule has 0 spiro atoms. The third kappa shape index (κ3) is 1.12. The topological polar surface area (TPSA) is 17.8 Å². The highest BCUT2D eigenvalue weighted by molar-refractivity contribution is 4.96. The summed E-state index contributed by atoms with van der Waals surface area (Å²) in [5, 5.41) is 0. The monoisotopic (exact) mass is 124 g/mol. The molecule has 0 saturated carbocycles. The molecule has 0 bridgehead atoms. The van der Waals surface area contributed by atoms with E-state index in [1.165, 1.54) is 5.69 Å². The molecule has 50 valence electrons. The average Bonchev–Trinajstić information content (AvgIpc) is 2.33. The third-order valence-electron chi connectivity index (χ3n) is 1.50. The predicted molar refractivity (Wildman–Crippen MR) is 37.3 cm³/mol. The molecule has 0 aromatic carbocycles. The van der Waals surface area contributed by atoms with Crippen LogP contribution >= 0.6 is 0 Å². The number of hydrogen-bond acceptors (Lipinski definition) is 1. The summed E-state index contributed by atoms with van der Waals surface area (Å²) in [7, 11) is 0. The summed E-state index contributed by atoms with van der Waals surface area (Å²) in [6.45, 7) is 5.30. The molecule has 1 rings (SSSR count). The van der Waals surface area contributed by atoms with Gasteiger partial charge in [-0.3, -0.25) is 0 Å². The second kappa shape index (κ2) is 2.67. The maximum Gasteiger partial charge on any atom is 0.0948 e. The van der Waals surface area contributed by atoms with Crippen molar-refractivity contribution in [2.45, 2.75) is 26.8 Å². The Labute approximate surface area is 55.5 Å². The summed E-state index contributed by atoms with van der Waals surface area (Å²) >= 11 is 0. The van der Waals surface area contributed by atoms with Gasteiger partial charge in [-0.15, -0.1) is 0 Å². The highest BCUT2D eigenvalue weighted by Gasteiger charge is 1.93. The second-order valence-corrected chi connectivity index (χ2v) is 2.02. The first-order valence-electron chi connectivity index (χ1n) is 3.37. The lowest BCUT2D eigenvalue weighted by Crippen LogP contribution is -1.96. The first-order chi connectivity index (χ1) is 4.38. The summed E-state index contributed by atoms with van der Waals surface area (Å²) < 4.78 is 2.15. The van der Waals surface area contributed by atoms with Crippen molar-refractivity contribution in [1.29, 1.82) is 0 Å². The van der Waals surface area contributed by atoms with Crippen LogP contribution in [0.3, 0.4) is 0 Å². The van der Waals surface area contributed by atoms with Crippen LogP contribution in [0.15, 0.2) is 12.5 Å². The Balaban J connectivity index is 2.85. The molecule has 0 amide bonds. The molecule has 1 aromatic rings. The van der Waals surface area contributed by atoms with Crippen molar-refractivity contribution < 1.29 is 0 Å². The van der Waals surface area contributed by atoms with Crippen molar-refractivity contribution in [1.82, 2.24) is 9.55 Å². The van der Waals surface area contributed by atoms with E-state index in [9.17, 15) is 0 Å². The molecule has 0 radical (unpaired) electrons. The molecule has 1 heterocycles. The first kappa shape index (κ1) is 6.33. The number of hydrogen-bond donors (Lipinski definition) is 0. The van der Waals surface area contributed by atoms with Gasteiger partial charge in [0, 0.05) is 18.4 Å². The predicted octanol–water partition coefficient (Wildman–Crippen LogP) is 1.47. The lowest BCUT2D eigenvalue weighted by molar-refractivity contribution is 0.717. The van der Waals surface area contributed by atoms with Gasteiger partial charge >= 0.3 is 0 Å². The van der Waals surface area contributed by atoms with Gasteiger partial charge in [0.1, 0.15) is 0 Å². The minimum atomic E-state index is 1.03. The van der Waals surface area contributed by atoms with E-state index in [-0.39, 0.29) is 0 Å². The number of imidazole rings is 1. The van der Waals surface area contributed by atoms with E-state index in [1.807, 2.05) is 12.5 Å². The molecule has 0 N–H and O–H groups in total. The van der Waals surface area contributed by atoms with Crippen LogP contribution in [0.25, 0.3) is 0 Å². The molecule has 9 heavy (non-hydrogen) atoms. The molecule has 1 aromatic heterocycles. The van der Waals surface area contributed by atoms with E-state index in [4.69, 9.17) is 0 Å². The smallest absolute Gasteiger partial charge is 0.0948 e. The zero-order valence-corrected chi connectivity index (χ0v) is 5.96. The van der Waals surface area contributed by atoms with Crippen molar-refractivity contribution in [3.8, 4) is 0 Å². The molecule has 0 aliphatic heterocycles. The van der Waals surface area contributed by atoms with E-state index < -0.39 is 0 Å². The number of aryl methyl sites for hydroxylation is 2. The molecule has 2 heteroatoms. The van der Waals surface area contributed by atoms with Gasteiger partial charge in [-0.1, -0.05) is 6.92 Å². The van der Waals surface area contributed by atoms with Gasteiger partial charge in [-0.2, -0.15) is 0 Å². The summed E-state index contributed by atoms with van der Waals surface area (Å²) in [6, 6.07) is 0. The third-order valence-corrected chi connectivity index (χ3v) is 1.50. The molecule has 0 saturated heterocycles. The Morgan fingerprint density at radius 2 is 2.33 bits per heavy atom. The lowest BCUT2D eigenvalue weighted by atomic mass is 10.4. The molecule has 0 unspecified atom stereocenters. The Bertz CT molecular complexity index is 160. The molecule has 0 aliphatic carbocycles. The van der Waals surface area contributed by atoms with Gasteiger partial charge in [0.25, 0.3) is 0 Å². The Kier molecular flexibility index (Phi) is 1.88. The summed E-state index contributed by atoms with van der Waals surface area (Å²) in [5.41, 5.74) is 1.32. The van der Waals surface area contributed by atoms with E-state index in [0.717, 1.165) is 13.0 Å². The maximum atomic E-state index is 4.03. The summed E-state index contributed by atoms with van der Waals surface area (Å²) in [4.78, 5) is 4.03. The molecule has 0 atom stereocenters. The molecule has 2 nitrogen and oxygen atoms in total. The van der Waals surface area contributed by atoms with E-state index in [2.05, 4.69) is 23.4 Å².